The fraction of sp³-hybridized carbons (Fsp3) is 0.381. The number of hydrogen-bond donors (Lipinski definition) is 2. The maximum Gasteiger partial charge on any atom is 0.336 e. The molecule has 5 nitrogen and oxygen atoms in total. The zero-order valence-electron chi connectivity index (χ0n) is 16.3. The van der Waals surface area contributed by atoms with Gasteiger partial charge in [0.15, 0.2) is 5.60 Å². The van der Waals surface area contributed by atoms with Gasteiger partial charge >= 0.3 is 5.97 Å². The third-order valence-electron chi connectivity index (χ3n) is 4.75. The summed E-state index contributed by atoms with van der Waals surface area (Å²) < 4.78 is 37.9. The first-order valence-corrected chi connectivity index (χ1v) is 8.64. The number of methoxy groups -OCH3 is 2. The molecule has 2 aromatic carbocycles. The van der Waals surface area contributed by atoms with Crippen molar-refractivity contribution in [2.24, 2.45) is 0 Å². The number of hydrogen-bond acceptors (Lipinski definition) is 4. The average molecular weight is 394 g/mol. The van der Waals surface area contributed by atoms with Gasteiger partial charge in [-0.3, -0.25) is 0 Å². The Kier molecular flexibility index (Phi) is 6.29. The molecule has 2 N–H and O–H groups in total. The van der Waals surface area contributed by atoms with Crippen molar-refractivity contribution in [2.45, 2.75) is 37.7 Å². The average Bonchev–Trinajstić information content (AvgIpc) is 2.61. The highest BCUT2D eigenvalue weighted by molar-refractivity contribution is 5.78. The van der Waals surface area contributed by atoms with E-state index in [0.717, 1.165) is 6.07 Å². The summed E-state index contributed by atoms with van der Waals surface area (Å²) in [5.74, 6) is -1.91. The normalized spacial score (nSPS) is 13.7. The third-order valence-corrected chi connectivity index (χ3v) is 4.75. The standard InChI is InChI=1S/C21H24F2O5/c1-20(2,16-10-15(23)6-8-18(16)28-4)12-21(26,19(24)25)11-13-9-14(22)5-7-17(13)27-3/h5-10,26H,11-12H2,1-4H3,(H,24,25). The molecule has 0 fully saturated rings. The Balaban J connectivity index is 2.45. The highest BCUT2D eigenvalue weighted by Crippen LogP contribution is 2.40. The van der Waals surface area contributed by atoms with Gasteiger partial charge < -0.3 is 19.7 Å². The topological polar surface area (TPSA) is 76.0 Å². The van der Waals surface area contributed by atoms with Crippen LogP contribution in [0.2, 0.25) is 0 Å². The fourth-order valence-electron chi connectivity index (χ4n) is 3.45. The van der Waals surface area contributed by atoms with E-state index in [9.17, 15) is 23.8 Å². The number of rotatable bonds is 8. The van der Waals surface area contributed by atoms with Crippen LogP contribution >= 0.6 is 0 Å². The molecule has 0 radical (unpaired) electrons. The molecular formula is C21H24F2O5. The molecule has 1 atom stereocenters. The highest BCUT2D eigenvalue weighted by atomic mass is 19.1. The number of carboxylic acids is 1. The minimum absolute atomic E-state index is 0.217. The van der Waals surface area contributed by atoms with E-state index in [2.05, 4.69) is 0 Å². The van der Waals surface area contributed by atoms with Crippen LogP contribution in [0.4, 0.5) is 8.78 Å². The number of benzene rings is 2. The zero-order valence-corrected chi connectivity index (χ0v) is 16.3. The molecule has 2 aromatic rings. The summed E-state index contributed by atoms with van der Waals surface area (Å²) in [6.07, 6.45) is -0.654. The van der Waals surface area contributed by atoms with Gasteiger partial charge in [-0.2, -0.15) is 0 Å². The maximum atomic E-state index is 13.8. The van der Waals surface area contributed by atoms with Crippen molar-refractivity contribution < 1.29 is 33.3 Å². The number of ether oxygens (including phenoxy) is 2. The Labute approximate surface area is 162 Å². The van der Waals surface area contributed by atoms with Crippen LogP contribution in [0.5, 0.6) is 11.5 Å². The second kappa shape index (κ2) is 8.14. The van der Waals surface area contributed by atoms with E-state index in [0.29, 0.717) is 11.3 Å². The first-order chi connectivity index (χ1) is 13.0. The van der Waals surface area contributed by atoms with Crippen LogP contribution in [0.3, 0.4) is 0 Å². The lowest BCUT2D eigenvalue weighted by Gasteiger charge is -2.35. The molecule has 0 saturated carbocycles. The molecule has 0 amide bonds. The summed E-state index contributed by atoms with van der Waals surface area (Å²) in [6, 6.07) is 7.62. The molecule has 0 aliphatic rings. The van der Waals surface area contributed by atoms with E-state index in [1.807, 2.05) is 0 Å². The molecule has 0 spiro atoms. The van der Waals surface area contributed by atoms with Gasteiger partial charge in [-0.1, -0.05) is 13.8 Å². The first-order valence-electron chi connectivity index (χ1n) is 8.64. The number of aliphatic hydroxyl groups is 1. The van der Waals surface area contributed by atoms with E-state index < -0.39 is 28.6 Å². The van der Waals surface area contributed by atoms with Crippen LogP contribution in [-0.2, 0) is 16.6 Å². The molecular weight excluding hydrogens is 370 g/mol. The molecule has 7 heteroatoms. The quantitative estimate of drug-likeness (QED) is 0.714. The lowest BCUT2D eigenvalue weighted by Crippen LogP contribution is -2.46. The summed E-state index contributed by atoms with van der Waals surface area (Å²) in [5.41, 5.74) is -2.58. The molecule has 0 aromatic heterocycles. The lowest BCUT2D eigenvalue weighted by molar-refractivity contribution is -0.160. The summed E-state index contributed by atoms with van der Waals surface area (Å²) in [5, 5.41) is 20.7. The lowest BCUT2D eigenvalue weighted by atomic mass is 9.73. The molecule has 0 heterocycles. The largest absolute Gasteiger partial charge is 0.496 e. The van der Waals surface area contributed by atoms with Crippen LogP contribution in [0, 0.1) is 11.6 Å². The molecule has 0 aliphatic carbocycles. The number of carboxylic acid groups (broad SMARTS) is 1. The monoisotopic (exact) mass is 394 g/mol. The van der Waals surface area contributed by atoms with Crippen LogP contribution in [0.25, 0.3) is 0 Å². The Morgan fingerprint density at radius 2 is 1.54 bits per heavy atom. The molecule has 152 valence electrons. The number of carbonyl (C=O) groups is 1. The fourth-order valence-corrected chi connectivity index (χ4v) is 3.45. The van der Waals surface area contributed by atoms with Crippen molar-refractivity contribution >= 4 is 5.97 Å². The Hall–Kier alpha value is -2.67. The van der Waals surface area contributed by atoms with Crippen molar-refractivity contribution in [3.8, 4) is 11.5 Å². The summed E-state index contributed by atoms with van der Waals surface area (Å²) in [4.78, 5) is 12.0. The van der Waals surface area contributed by atoms with Crippen molar-refractivity contribution in [3.63, 3.8) is 0 Å². The van der Waals surface area contributed by atoms with E-state index in [1.54, 1.807) is 13.8 Å². The van der Waals surface area contributed by atoms with Crippen molar-refractivity contribution in [3.05, 3.63) is 59.2 Å². The minimum Gasteiger partial charge on any atom is -0.496 e. The van der Waals surface area contributed by atoms with Gasteiger partial charge in [0.2, 0.25) is 0 Å². The van der Waals surface area contributed by atoms with E-state index in [1.165, 1.54) is 44.6 Å². The predicted octanol–water partition coefficient (Wildman–Crippen LogP) is 3.71. The van der Waals surface area contributed by atoms with E-state index in [-0.39, 0.29) is 24.2 Å². The summed E-state index contributed by atoms with van der Waals surface area (Å²) in [7, 11) is 2.80. The van der Waals surface area contributed by atoms with Crippen molar-refractivity contribution in [1.82, 2.24) is 0 Å². The third kappa shape index (κ3) is 4.59. The SMILES string of the molecule is COc1ccc(F)cc1CC(O)(CC(C)(C)c1cc(F)ccc1OC)C(=O)O. The molecule has 2 rings (SSSR count). The van der Waals surface area contributed by atoms with Gasteiger partial charge in [0.05, 0.1) is 14.2 Å². The van der Waals surface area contributed by atoms with Crippen LogP contribution in [0.15, 0.2) is 36.4 Å². The predicted molar refractivity (Wildman–Crippen MR) is 99.8 cm³/mol. The van der Waals surface area contributed by atoms with Gasteiger partial charge in [-0.15, -0.1) is 0 Å². The van der Waals surface area contributed by atoms with Gasteiger partial charge in [-0.05, 0) is 48.2 Å². The number of halogens is 2. The smallest absolute Gasteiger partial charge is 0.336 e. The van der Waals surface area contributed by atoms with Crippen molar-refractivity contribution in [1.29, 1.82) is 0 Å². The van der Waals surface area contributed by atoms with Crippen LogP contribution < -0.4 is 9.47 Å². The Bertz CT molecular complexity index is 866. The molecule has 0 aliphatic heterocycles. The van der Waals surface area contributed by atoms with Gasteiger partial charge in [0.1, 0.15) is 23.1 Å². The Morgan fingerprint density at radius 3 is 2.07 bits per heavy atom. The van der Waals surface area contributed by atoms with Crippen molar-refractivity contribution in [2.75, 3.05) is 14.2 Å². The second-order valence-electron chi connectivity index (χ2n) is 7.37. The van der Waals surface area contributed by atoms with E-state index in [4.69, 9.17) is 9.47 Å². The molecule has 0 saturated heterocycles. The summed E-state index contributed by atoms with van der Waals surface area (Å²) >= 11 is 0. The van der Waals surface area contributed by atoms with Gasteiger partial charge in [-0.25, -0.2) is 13.6 Å². The number of aliphatic carboxylic acids is 1. The zero-order chi connectivity index (χ0) is 21.1. The van der Waals surface area contributed by atoms with Gasteiger partial charge in [0.25, 0.3) is 0 Å². The molecule has 28 heavy (non-hydrogen) atoms. The minimum atomic E-state index is -2.25. The van der Waals surface area contributed by atoms with Gasteiger partial charge in [0, 0.05) is 17.5 Å². The Morgan fingerprint density at radius 1 is 1.00 bits per heavy atom. The summed E-state index contributed by atoms with van der Waals surface area (Å²) in [6.45, 7) is 3.36. The van der Waals surface area contributed by atoms with Crippen LogP contribution in [0.1, 0.15) is 31.4 Å². The maximum absolute atomic E-state index is 13.8. The first kappa shape index (κ1) is 21.6. The molecule has 0 bridgehead atoms. The second-order valence-corrected chi connectivity index (χ2v) is 7.37. The van der Waals surface area contributed by atoms with E-state index >= 15 is 0 Å². The molecule has 1 unspecified atom stereocenters. The highest BCUT2D eigenvalue weighted by Gasteiger charge is 2.43. The van der Waals surface area contributed by atoms with Crippen LogP contribution in [-0.4, -0.2) is 36.0 Å².